The topological polar surface area (TPSA) is 47.3 Å². The summed E-state index contributed by atoms with van der Waals surface area (Å²) in [7, 11) is 1.70. The lowest BCUT2D eigenvalue weighted by Gasteiger charge is -2.19. The molecule has 1 fully saturated rings. The SMILES string of the molecule is COc1c(C)cc(Cl)cc1CNC1CCCC1N. The number of methoxy groups -OCH3 is 1. The van der Waals surface area contributed by atoms with Crippen molar-refractivity contribution in [3.8, 4) is 5.75 Å². The summed E-state index contributed by atoms with van der Waals surface area (Å²) in [5.74, 6) is 0.915. The Morgan fingerprint density at radius 3 is 2.83 bits per heavy atom. The number of hydrogen-bond donors (Lipinski definition) is 2. The zero-order valence-corrected chi connectivity index (χ0v) is 11.8. The van der Waals surface area contributed by atoms with E-state index >= 15 is 0 Å². The van der Waals surface area contributed by atoms with Crippen LogP contribution in [0.15, 0.2) is 12.1 Å². The van der Waals surface area contributed by atoms with Gasteiger partial charge in [-0.05, 0) is 37.5 Å². The Balaban J connectivity index is 2.08. The molecule has 18 heavy (non-hydrogen) atoms. The molecule has 0 spiro atoms. The summed E-state index contributed by atoms with van der Waals surface area (Å²) in [5.41, 5.74) is 8.22. The molecule has 0 amide bonds. The van der Waals surface area contributed by atoms with Gasteiger partial charge in [-0.15, -0.1) is 0 Å². The van der Waals surface area contributed by atoms with Gasteiger partial charge in [0, 0.05) is 29.2 Å². The summed E-state index contributed by atoms with van der Waals surface area (Å²) in [4.78, 5) is 0. The number of hydrogen-bond acceptors (Lipinski definition) is 3. The third-order valence-corrected chi connectivity index (χ3v) is 3.86. The van der Waals surface area contributed by atoms with Gasteiger partial charge in [0.1, 0.15) is 5.75 Å². The summed E-state index contributed by atoms with van der Waals surface area (Å²) in [6.07, 6.45) is 3.48. The lowest BCUT2D eigenvalue weighted by Crippen LogP contribution is -2.40. The third-order valence-electron chi connectivity index (χ3n) is 3.64. The lowest BCUT2D eigenvalue weighted by molar-refractivity contribution is 0.399. The van der Waals surface area contributed by atoms with Crippen molar-refractivity contribution in [1.82, 2.24) is 5.32 Å². The van der Waals surface area contributed by atoms with Crippen LogP contribution in [0, 0.1) is 6.92 Å². The molecule has 0 radical (unpaired) electrons. The molecule has 1 aromatic rings. The zero-order valence-electron chi connectivity index (χ0n) is 11.0. The van der Waals surface area contributed by atoms with Crippen molar-refractivity contribution in [2.45, 2.75) is 44.8 Å². The average Bonchev–Trinajstić information content (AvgIpc) is 2.71. The van der Waals surface area contributed by atoms with Crippen molar-refractivity contribution in [3.63, 3.8) is 0 Å². The summed E-state index contributed by atoms with van der Waals surface area (Å²) in [6.45, 7) is 2.76. The van der Waals surface area contributed by atoms with Crippen LogP contribution in [0.2, 0.25) is 5.02 Å². The molecule has 3 nitrogen and oxygen atoms in total. The predicted molar refractivity (Wildman–Crippen MR) is 75.2 cm³/mol. The van der Waals surface area contributed by atoms with Gasteiger partial charge in [0.25, 0.3) is 0 Å². The van der Waals surface area contributed by atoms with E-state index in [0.717, 1.165) is 41.3 Å². The fourth-order valence-electron chi connectivity index (χ4n) is 2.71. The first-order valence-corrected chi connectivity index (χ1v) is 6.81. The molecule has 4 heteroatoms. The number of nitrogens with one attached hydrogen (secondary N) is 1. The van der Waals surface area contributed by atoms with Crippen molar-refractivity contribution in [2.24, 2.45) is 5.73 Å². The molecule has 0 saturated heterocycles. The summed E-state index contributed by atoms with van der Waals surface area (Å²) in [5, 5.41) is 4.26. The molecule has 2 atom stereocenters. The maximum atomic E-state index is 6.10. The van der Waals surface area contributed by atoms with Crippen LogP contribution in [0.3, 0.4) is 0 Å². The molecule has 0 bridgehead atoms. The highest BCUT2D eigenvalue weighted by molar-refractivity contribution is 6.30. The number of aryl methyl sites for hydroxylation is 1. The summed E-state index contributed by atoms with van der Waals surface area (Å²) in [6, 6.07) is 4.57. The highest BCUT2D eigenvalue weighted by atomic mass is 35.5. The predicted octanol–water partition coefficient (Wildman–Crippen LogP) is 2.63. The number of ether oxygens (including phenoxy) is 1. The van der Waals surface area contributed by atoms with Crippen molar-refractivity contribution in [2.75, 3.05) is 7.11 Å². The van der Waals surface area contributed by atoms with E-state index in [0.29, 0.717) is 6.04 Å². The van der Waals surface area contributed by atoms with E-state index in [1.165, 1.54) is 6.42 Å². The second-order valence-electron chi connectivity index (χ2n) is 5.00. The molecule has 1 saturated carbocycles. The van der Waals surface area contributed by atoms with Gasteiger partial charge >= 0.3 is 0 Å². The van der Waals surface area contributed by atoms with Crippen molar-refractivity contribution < 1.29 is 4.74 Å². The van der Waals surface area contributed by atoms with E-state index < -0.39 is 0 Å². The van der Waals surface area contributed by atoms with Crippen LogP contribution in [0.1, 0.15) is 30.4 Å². The van der Waals surface area contributed by atoms with Gasteiger partial charge in [-0.2, -0.15) is 0 Å². The highest BCUT2D eigenvalue weighted by Crippen LogP contribution is 2.28. The quantitative estimate of drug-likeness (QED) is 0.883. The van der Waals surface area contributed by atoms with Gasteiger partial charge in [0.15, 0.2) is 0 Å². The summed E-state index contributed by atoms with van der Waals surface area (Å²) >= 11 is 6.10. The van der Waals surface area contributed by atoms with Crippen LogP contribution in [-0.2, 0) is 6.54 Å². The Labute approximate surface area is 114 Å². The normalized spacial score (nSPS) is 23.3. The molecule has 2 unspecified atom stereocenters. The molecule has 3 N–H and O–H groups in total. The Kier molecular flexibility index (Phi) is 4.49. The minimum Gasteiger partial charge on any atom is -0.496 e. The molecule has 0 aliphatic heterocycles. The standard InChI is InChI=1S/C14H21ClN2O/c1-9-6-11(15)7-10(14(9)18-2)8-17-13-5-3-4-12(13)16/h6-7,12-13,17H,3-5,8,16H2,1-2H3. The molecular weight excluding hydrogens is 248 g/mol. The Bertz CT molecular complexity index is 423. The van der Waals surface area contributed by atoms with E-state index in [1.807, 2.05) is 19.1 Å². The van der Waals surface area contributed by atoms with Gasteiger partial charge < -0.3 is 15.8 Å². The average molecular weight is 269 g/mol. The fraction of sp³-hybridized carbons (Fsp3) is 0.571. The largest absolute Gasteiger partial charge is 0.496 e. The number of nitrogens with two attached hydrogens (primary N) is 1. The molecule has 1 aromatic carbocycles. The van der Waals surface area contributed by atoms with E-state index in [1.54, 1.807) is 7.11 Å². The third kappa shape index (κ3) is 2.97. The molecular formula is C14H21ClN2O. The van der Waals surface area contributed by atoms with Crippen LogP contribution in [0.25, 0.3) is 0 Å². The minimum absolute atomic E-state index is 0.274. The van der Waals surface area contributed by atoms with Crippen molar-refractivity contribution in [1.29, 1.82) is 0 Å². The van der Waals surface area contributed by atoms with Gasteiger partial charge in [-0.1, -0.05) is 18.0 Å². The van der Waals surface area contributed by atoms with Gasteiger partial charge in [-0.25, -0.2) is 0 Å². The van der Waals surface area contributed by atoms with Gasteiger partial charge in [0.2, 0.25) is 0 Å². The van der Waals surface area contributed by atoms with E-state index in [-0.39, 0.29) is 6.04 Å². The van der Waals surface area contributed by atoms with E-state index in [9.17, 15) is 0 Å². The number of benzene rings is 1. The molecule has 1 aliphatic carbocycles. The second-order valence-corrected chi connectivity index (χ2v) is 5.43. The highest BCUT2D eigenvalue weighted by Gasteiger charge is 2.23. The van der Waals surface area contributed by atoms with Gasteiger partial charge in [-0.3, -0.25) is 0 Å². The molecule has 0 heterocycles. The second kappa shape index (κ2) is 5.91. The molecule has 0 aromatic heterocycles. The first-order valence-electron chi connectivity index (χ1n) is 6.44. The molecule has 1 aliphatic rings. The zero-order chi connectivity index (χ0) is 13.1. The van der Waals surface area contributed by atoms with E-state index in [2.05, 4.69) is 5.32 Å². The first-order chi connectivity index (χ1) is 8.61. The van der Waals surface area contributed by atoms with Crippen LogP contribution in [0.5, 0.6) is 5.75 Å². The minimum atomic E-state index is 0.274. The van der Waals surface area contributed by atoms with E-state index in [4.69, 9.17) is 22.1 Å². The maximum Gasteiger partial charge on any atom is 0.126 e. The maximum absolute atomic E-state index is 6.10. The van der Waals surface area contributed by atoms with Crippen LogP contribution >= 0.6 is 11.6 Å². The van der Waals surface area contributed by atoms with Crippen LogP contribution in [-0.4, -0.2) is 19.2 Å². The number of halogens is 1. The number of rotatable bonds is 4. The van der Waals surface area contributed by atoms with Crippen LogP contribution < -0.4 is 15.8 Å². The molecule has 2 rings (SSSR count). The fourth-order valence-corrected chi connectivity index (χ4v) is 3.00. The monoisotopic (exact) mass is 268 g/mol. The first kappa shape index (κ1) is 13.7. The summed E-state index contributed by atoms with van der Waals surface area (Å²) < 4.78 is 5.44. The van der Waals surface area contributed by atoms with Gasteiger partial charge in [0.05, 0.1) is 7.11 Å². The Hall–Kier alpha value is -0.770. The molecule has 100 valence electrons. The van der Waals surface area contributed by atoms with Crippen LogP contribution in [0.4, 0.5) is 0 Å². The Morgan fingerprint density at radius 2 is 2.22 bits per heavy atom. The lowest BCUT2D eigenvalue weighted by atomic mass is 10.1. The van der Waals surface area contributed by atoms with Crippen molar-refractivity contribution >= 4 is 11.6 Å². The smallest absolute Gasteiger partial charge is 0.126 e. The van der Waals surface area contributed by atoms with Crippen molar-refractivity contribution in [3.05, 3.63) is 28.3 Å². The Morgan fingerprint density at radius 1 is 1.44 bits per heavy atom.